The maximum Gasteiger partial charge on any atom is 0.419 e. The molecule has 2 aromatic carbocycles. The molecule has 0 radical (unpaired) electrons. The van der Waals surface area contributed by atoms with Gasteiger partial charge >= 0.3 is 5.76 Å². The summed E-state index contributed by atoms with van der Waals surface area (Å²) in [5, 5.41) is 2.70. The summed E-state index contributed by atoms with van der Waals surface area (Å²) in [6.07, 6.45) is 0.0530. The molecule has 0 aliphatic carbocycles. The number of nitrogens with one attached hydrogen (secondary N) is 1. The van der Waals surface area contributed by atoms with E-state index < -0.39 is 23.4 Å². The highest BCUT2D eigenvalue weighted by molar-refractivity contribution is 5.77. The van der Waals surface area contributed by atoms with Gasteiger partial charge in [-0.25, -0.2) is 13.6 Å². The number of carbonyl (C=O) groups excluding carboxylic acids is 1. The number of halogens is 2. The molecule has 0 bridgehead atoms. The van der Waals surface area contributed by atoms with Crippen LogP contribution in [0.3, 0.4) is 0 Å². The Bertz CT molecular complexity index is 978. The average molecular weight is 346 g/mol. The Morgan fingerprint density at radius 1 is 1.20 bits per heavy atom. The third-order valence-corrected chi connectivity index (χ3v) is 3.96. The van der Waals surface area contributed by atoms with E-state index in [2.05, 4.69) is 5.32 Å². The standard InChI is InChI=1S/C18H16F2N2O3/c1-11(12-6-7-13(19)14(20)10-12)21-17(23)8-9-22-15-4-2-3-5-16(15)25-18(22)24/h2-7,10-11H,8-9H2,1H3,(H,21,23)/t11-/m0/s1. The van der Waals surface area contributed by atoms with Gasteiger partial charge in [0.05, 0.1) is 11.6 Å². The molecular formula is C18H16F2N2O3. The molecule has 0 aliphatic heterocycles. The molecule has 1 atom stereocenters. The molecular weight excluding hydrogens is 330 g/mol. The van der Waals surface area contributed by atoms with Crippen LogP contribution in [0.25, 0.3) is 11.1 Å². The lowest BCUT2D eigenvalue weighted by Gasteiger charge is -2.14. The van der Waals surface area contributed by atoms with Crippen molar-refractivity contribution < 1.29 is 18.0 Å². The lowest BCUT2D eigenvalue weighted by molar-refractivity contribution is -0.121. The fourth-order valence-electron chi connectivity index (χ4n) is 2.62. The second-order valence-corrected chi connectivity index (χ2v) is 5.70. The molecule has 0 unspecified atom stereocenters. The summed E-state index contributed by atoms with van der Waals surface area (Å²) >= 11 is 0. The van der Waals surface area contributed by atoms with Crippen molar-refractivity contribution in [2.24, 2.45) is 0 Å². The first-order valence-corrected chi connectivity index (χ1v) is 7.78. The van der Waals surface area contributed by atoms with Crippen LogP contribution in [-0.4, -0.2) is 10.5 Å². The summed E-state index contributed by atoms with van der Waals surface area (Å²) in [6, 6.07) is 9.95. The lowest BCUT2D eigenvalue weighted by Crippen LogP contribution is -2.28. The number of oxazole rings is 1. The maximum absolute atomic E-state index is 13.3. The average Bonchev–Trinajstić information content (AvgIpc) is 2.90. The van der Waals surface area contributed by atoms with Crippen LogP contribution in [0.5, 0.6) is 0 Å². The van der Waals surface area contributed by atoms with E-state index in [0.29, 0.717) is 16.7 Å². The zero-order chi connectivity index (χ0) is 18.0. The van der Waals surface area contributed by atoms with Crippen molar-refractivity contribution in [3.8, 4) is 0 Å². The van der Waals surface area contributed by atoms with Crippen molar-refractivity contribution in [1.29, 1.82) is 0 Å². The van der Waals surface area contributed by atoms with Crippen LogP contribution in [-0.2, 0) is 11.3 Å². The predicted octanol–water partition coefficient (Wildman–Crippen LogP) is 3.14. The fourth-order valence-corrected chi connectivity index (χ4v) is 2.62. The van der Waals surface area contributed by atoms with Gasteiger partial charge in [-0.05, 0) is 36.8 Å². The summed E-state index contributed by atoms with van der Waals surface area (Å²) in [5.74, 6) is -2.74. The number of fused-ring (bicyclic) bond motifs is 1. The normalized spacial score (nSPS) is 12.3. The Morgan fingerprint density at radius 3 is 2.72 bits per heavy atom. The van der Waals surface area contributed by atoms with Crippen molar-refractivity contribution in [3.63, 3.8) is 0 Å². The molecule has 1 heterocycles. The number of hydrogen-bond acceptors (Lipinski definition) is 3. The number of nitrogens with zero attached hydrogens (tertiary/aromatic N) is 1. The number of amides is 1. The number of rotatable bonds is 5. The summed E-state index contributed by atoms with van der Waals surface area (Å²) in [4.78, 5) is 23.9. The van der Waals surface area contributed by atoms with E-state index in [1.165, 1.54) is 10.6 Å². The molecule has 0 aliphatic rings. The first kappa shape index (κ1) is 16.9. The van der Waals surface area contributed by atoms with E-state index in [9.17, 15) is 18.4 Å². The van der Waals surface area contributed by atoms with E-state index in [1.54, 1.807) is 31.2 Å². The molecule has 1 aromatic heterocycles. The van der Waals surface area contributed by atoms with Crippen LogP contribution in [0.2, 0.25) is 0 Å². The number of carbonyl (C=O) groups is 1. The molecule has 25 heavy (non-hydrogen) atoms. The molecule has 7 heteroatoms. The highest BCUT2D eigenvalue weighted by Crippen LogP contribution is 2.16. The quantitative estimate of drug-likeness (QED) is 0.772. The highest BCUT2D eigenvalue weighted by atomic mass is 19.2. The van der Waals surface area contributed by atoms with Gasteiger partial charge in [0, 0.05) is 13.0 Å². The van der Waals surface area contributed by atoms with Crippen LogP contribution in [0.15, 0.2) is 51.7 Å². The van der Waals surface area contributed by atoms with Crippen molar-refractivity contribution >= 4 is 17.0 Å². The van der Waals surface area contributed by atoms with Crippen molar-refractivity contribution in [2.75, 3.05) is 0 Å². The molecule has 130 valence electrons. The van der Waals surface area contributed by atoms with Crippen LogP contribution in [0.4, 0.5) is 8.78 Å². The second-order valence-electron chi connectivity index (χ2n) is 5.70. The number of benzene rings is 2. The number of aryl methyl sites for hydroxylation is 1. The lowest BCUT2D eigenvalue weighted by atomic mass is 10.1. The smallest absolute Gasteiger partial charge is 0.408 e. The summed E-state index contributed by atoms with van der Waals surface area (Å²) in [5.41, 5.74) is 1.54. The number of hydrogen-bond donors (Lipinski definition) is 1. The zero-order valence-corrected chi connectivity index (χ0v) is 13.5. The van der Waals surface area contributed by atoms with Crippen LogP contribution in [0, 0.1) is 11.6 Å². The van der Waals surface area contributed by atoms with Crippen LogP contribution >= 0.6 is 0 Å². The van der Waals surface area contributed by atoms with Crippen LogP contribution < -0.4 is 11.1 Å². The van der Waals surface area contributed by atoms with Gasteiger partial charge in [-0.3, -0.25) is 9.36 Å². The molecule has 1 N–H and O–H groups in total. The highest BCUT2D eigenvalue weighted by Gasteiger charge is 2.14. The van der Waals surface area contributed by atoms with Crippen LogP contribution in [0.1, 0.15) is 24.9 Å². The zero-order valence-electron chi connectivity index (χ0n) is 13.5. The van der Waals surface area contributed by atoms with E-state index in [-0.39, 0.29) is 18.9 Å². The Labute approximate surface area is 141 Å². The van der Waals surface area contributed by atoms with Gasteiger partial charge in [0.15, 0.2) is 17.2 Å². The van der Waals surface area contributed by atoms with Gasteiger partial charge in [0.25, 0.3) is 0 Å². The summed E-state index contributed by atoms with van der Waals surface area (Å²) < 4.78 is 32.7. The van der Waals surface area contributed by atoms with Gasteiger partial charge in [-0.1, -0.05) is 18.2 Å². The first-order valence-electron chi connectivity index (χ1n) is 7.78. The summed E-state index contributed by atoms with van der Waals surface area (Å²) in [6.45, 7) is 1.83. The molecule has 0 spiro atoms. The third-order valence-electron chi connectivity index (χ3n) is 3.96. The van der Waals surface area contributed by atoms with Crippen molar-refractivity contribution in [1.82, 2.24) is 9.88 Å². The molecule has 3 rings (SSSR count). The molecule has 0 saturated carbocycles. The minimum absolute atomic E-state index is 0.0530. The Morgan fingerprint density at radius 2 is 1.96 bits per heavy atom. The monoisotopic (exact) mass is 346 g/mol. The van der Waals surface area contributed by atoms with Crippen molar-refractivity contribution in [2.45, 2.75) is 25.9 Å². The van der Waals surface area contributed by atoms with Gasteiger partial charge < -0.3 is 9.73 Å². The van der Waals surface area contributed by atoms with Gasteiger partial charge in [0.2, 0.25) is 5.91 Å². The molecule has 1 amide bonds. The largest absolute Gasteiger partial charge is 0.419 e. The van der Waals surface area contributed by atoms with E-state index in [1.807, 2.05) is 0 Å². The van der Waals surface area contributed by atoms with Gasteiger partial charge in [0.1, 0.15) is 0 Å². The van der Waals surface area contributed by atoms with Crippen molar-refractivity contribution in [3.05, 3.63) is 70.2 Å². The van der Waals surface area contributed by atoms with E-state index in [0.717, 1.165) is 12.1 Å². The predicted molar refractivity (Wildman–Crippen MR) is 88.0 cm³/mol. The minimum atomic E-state index is -0.963. The third kappa shape index (κ3) is 3.60. The summed E-state index contributed by atoms with van der Waals surface area (Å²) in [7, 11) is 0. The number of para-hydroxylation sites is 2. The molecule has 0 fully saturated rings. The van der Waals surface area contributed by atoms with Gasteiger partial charge in [-0.2, -0.15) is 0 Å². The SMILES string of the molecule is C[C@H](NC(=O)CCn1c(=O)oc2ccccc21)c1ccc(F)c(F)c1. The second kappa shape index (κ2) is 6.88. The minimum Gasteiger partial charge on any atom is -0.408 e. The van der Waals surface area contributed by atoms with Gasteiger partial charge in [-0.15, -0.1) is 0 Å². The Kier molecular flexibility index (Phi) is 4.65. The Hall–Kier alpha value is -2.96. The topological polar surface area (TPSA) is 64.2 Å². The number of aromatic nitrogens is 1. The molecule has 5 nitrogen and oxygen atoms in total. The van der Waals surface area contributed by atoms with E-state index >= 15 is 0 Å². The maximum atomic E-state index is 13.3. The Balaban J connectivity index is 1.65. The molecule has 0 saturated heterocycles. The first-order chi connectivity index (χ1) is 12.0. The fraction of sp³-hybridized carbons (Fsp3) is 0.222. The van der Waals surface area contributed by atoms with E-state index in [4.69, 9.17) is 4.42 Å². The molecule has 3 aromatic rings.